The molecule has 2 aromatic rings. The van der Waals surface area contributed by atoms with E-state index in [1.165, 1.54) is 0 Å². The van der Waals surface area contributed by atoms with Crippen LogP contribution >= 0.6 is 11.6 Å². The van der Waals surface area contributed by atoms with E-state index in [0.717, 1.165) is 12.8 Å². The Labute approximate surface area is 144 Å². The zero-order valence-corrected chi connectivity index (χ0v) is 14.0. The predicted octanol–water partition coefficient (Wildman–Crippen LogP) is 3.13. The fourth-order valence-electron chi connectivity index (χ4n) is 2.42. The second-order valence-corrected chi connectivity index (χ2v) is 6.45. The van der Waals surface area contributed by atoms with Crippen molar-refractivity contribution in [3.63, 3.8) is 0 Å². The van der Waals surface area contributed by atoms with Crippen LogP contribution in [0.2, 0.25) is 5.02 Å². The van der Waals surface area contributed by atoms with Gasteiger partial charge in [-0.1, -0.05) is 22.8 Å². The number of carbonyl (C=O) groups is 2. The molecule has 7 heteroatoms. The van der Waals surface area contributed by atoms with Gasteiger partial charge in [0.25, 0.3) is 5.91 Å². The Kier molecular flexibility index (Phi) is 4.85. The van der Waals surface area contributed by atoms with Crippen LogP contribution in [0.5, 0.6) is 0 Å². The largest absolute Gasteiger partial charge is 0.360 e. The van der Waals surface area contributed by atoms with Gasteiger partial charge in [0.05, 0.1) is 0 Å². The van der Waals surface area contributed by atoms with E-state index in [4.69, 9.17) is 16.1 Å². The Balaban J connectivity index is 1.68. The molecule has 2 amide bonds. The minimum absolute atomic E-state index is 0.0340. The molecule has 24 heavy (non-hydrogen) atoms. The number of hydrogen-bond acceptors (Lipinski definition) is 4. The molecule has 1 aliphatic rings. The average Bonchev–Trinajstić information content (AvgIpc) is 3.27. The number of halogens is 1. The first-order chi connectivity index (χ1) is 11.5. The van der Waals surface area contributed by atoms with Gasteiger partial charge in [-0.15, -0.1) is 0 Å². The van der Waals surface area contributed by atoms with E-state index in [9.17, 15) is 9.59 Å². The summed E-state index contributed by atoms with van der Waals surface area (Å²) >= 11 is 5.96. The minimum atomic E-state index is -0.306. The third-order valence-electron chi connectivity index (χ3n) is 3.76. The summed E-state index contributed by atoms with van der Waals surface area (Å²) in [4.78, 5) is 26.5. The van der Waals surface area contributed by atoms with E-state index in [-0.39, 0.29) is 18.4 Å². The Morgan fingerprint density at radius 3 is 2.79 bits per heavy atom. The normalized spacial score (nSPS) is 13.6. The van der Waals surface area contributed by atoms with Gasteiger partial charge in [-0.05, 0) is 43.9 Å². The zero-order valence-electron chi connectivity index (χ0n) is 13.3. The van der Waals surface area contributed by atoms with Crippen molar-refractivity contribution in [1.82, 2.24) is 10.1 Å². The van der Waals surface area contributed by atoms with Crippen molar-refractivity contribution in [3.8, 4) is 0 Å². The smallest absolute Gasteiger partial charge is 0.254 e. The van der Waals surface area contributed by atoms with Gasteiger partial charge >= 0.3 is 0 Å². The highest BCUT2D eigenvalue weighted by Crippen LogP contribution is 2.30. The monoisotopic (exact) mass is 347 g/mol. The number of hydrogen-bond donors (Lipinski definition) is 1. The molecule has 3 rings (SSSR count). The number of carbonyl (C=O) groups excluding carboxylic acids is 2. The lowest BCUT2D eigenvalue weighted by atomic mass is 10.2. The van der Waals surface area contributed by atoms with Gasteiger partial charge in [-0.3, -0.25) is 9.59 Å². The molecular weight excluding hydrogens is 330 g/mol. The molecule has 1 aromatic carbocycles. The molecule has 0 aliphatic heterocycles. The number of nitrogens with one attached hydrogen (secondary N) is 1. The second-order valence-electron chi connectivity index (χ2n) is 6.01. The number of amides is 2. The molecule has 0 bridgehead atoms. The Morgan fingerprint density at radius 2 is 2.17 bits per heavy atom. The fourth-order valence-corrected chi connectivity index (χ4v) is 2.61. The number of aryl methyl sites for hydroxylation is 1. The van der Waals surface area contributed by atoms with Gasteiger partial charge in [-0.2, -0.15) is 0 Å². The van der Waals surface area contributed by atoms with Crippen LogP contribution in [0.3, 0.4) is 0 Å². The molecule has 0 unspecified atom stereocenters. The first-order valence-corrected chi connectivity index (χ1v) is 8.17. The van der Waals surface area contributed by atoms with Gasteiger partial charge in [0.2, 0.25) is 5.91 Å². The lowest BCUT2D eigenvalue weighted by Crippen LogP contribution is -2.39. The lowest BCUT2D eigenvalue weighted by Gasteiger charge is -2.22. The van der Waals surface area contributed by atoms with Crippen LogP contribution in [0.1, 0.15) is 29.0 Å². The highest BCUT2D eigenvalue weighted by atomic mass is 35.5. The molecule has 0 spiro atoms. The van der Waals surface area contributed by atoms with Crippen LogP contribution in [0, 0.1) is 12.8 Å². The number of nitrogens with zero attached hydrogens (tertiary/aromatic N) is 2. The maximum absolute atomic E-state index is 12.7. The van der Waals surface area contributed by atoms with E-state index in [1.807, 2.05) is 0 Å². The Morgan fingerprint density at radius 1 is 1.38 bits per heavy atom. The molecule has 0 atom stereocenters. The highest BCUT2D eigenvalue weighted by Gasteiger charge is 2.28. The summed E-state index contributed by atoms with van der Waals surface area (Å²) in [6.07, 6.45) is 2.17. The predicted molar refractivity (Wildman–Crippen MR) is 89.9 cm³/mol. The van der Waals surface area contributed by atoms with Gasteiger partial charge in [0, 0.05) is 23.2 Å². The van der Waals surface area contributed by atoms with Crippen LogP contribution < -0.4 is 5.32 Å². The Hall–Kier alpha value is -2.34. The Bertz CT molecular complexity index is 755. The third kappa shape index (κ3) is 4.35. The van der Waals surface area contributed by atoms with Crippen LogP contribution in [-0.4, -0.2) is 35.0 Å². The minimum Gasteiger partial charge on any atom is -0.360 e. The zero-order chi connectivity index (χ0) is 17.1. The lowest BCUT2D eigenvalue weighted by molar-refractivity contribution is -0.117. The van der Waals surface area contributed by atoms with Crippen LogP contribution in [-0.2, 0) is 4.79 Å². The molecule has 126 valence electrons. The van der Waals surface area contributed by atoms with Crippen molar-refractivity contribution in [2.75, 3.05) is 18.4 Å². The van der Waals surface area contributed by atoms with Gasteiger partial charge < -0.3 is 14.7 Å². The molecule has 1 N–H and O–H groups in total. The average molecular weight is 348 g/mol. The van der Waals surface area contributed by atoms with Crippen LogP contribution in [0.25, 0.3) is 0 Å². The topological polar surface area (TPSA) is 75.4 Å². The molecule has 6 nitrogen and oxygen atoms in total. The summed E-state index contributed by atoms with van der Waals surface area (Å²) in [6.45, 7) is 2.27. The number of anilines is 1. The van der Waals surface area contributed by atoms with Gasteiger partial charge in [0.15, 0.2) is 5.82 Å². The van der Waals surface area contributed by atoms with E-state index < -0.39 is 0 Å². The molecule has 1 heterocycles. The summed E-state index contributed by atoms with van der Waals surface area (Å²) < 4.78 is 4.91. The summed E-state index contributed by atoms with van der Waals surface area (Å²) in [7, 11) is 0. The molecule has 0 radical (unpaired) electrons. The van der Waals surface area contributed by atoms with Crippen molar-refractivity contribution in [2.45, 2.75) is 19.8 Å². The SMILES string of the molecule is Cc1cc(NC(=O)CN(CC2CC2)C(=O)c2cccc(Cl)c2)no1. The van der Waals surface area contributed by atoms with Gasteiger partial charge in [-0.25, -0.2) is 0 Å². The number of aromatic nitrogens is 1. The number of benzene rings is 1. The molecule has 0 saturated heterocycles. The van der Waals surface area contributed by atoms with E-state index in [1.54, 1.807) is 42.2 Å². The maximum Gasteiger partial charge on any atom is 0.254 e. The first-order valence-electron chi connectivity index (χ1n) is 7.79. The summed E-state index contributed by atoms with van der Waals surface area (Å²) in [5, 5.41) is 6.86. The highest BCUT2D eigenvalue weighted by molar-refractivity contribution is 6.31. The molecule has 1 saturated carbocycles. The van der Waals surface area contributed by atoms with Crippen molar-refractivity contribution in [3.05, 3.63) is 46.7 Å². The molecule has 1 aliphatic carbocycles. The maximum atomic E-state index is 12.7. The summed E-state index contributed by atoms with van der Waals surface area (Å²) in [6, 6.07) is 8.38. The van der Waals surface area contributed by atoms with Crippen LogP contribution in [0.15, 0.2) is 34.9 Å². The van der Waals surface area contributed by atoms with Crippen LogP contribution in [0.4, 0.5) is 5.82 Å². The van der Waals surface area contributed by atoms with E-state index in [0.29, 0.717) is 34.6 Å². The molecule has 1 aromatic heterocycles. The van der Waals surface area contributed by atoms with Crippen molar-refractivity contribution in [2.24, 2.45) is 5.92 Å². The molecule has 1 fully saturated rings. The standard InChI is InChI=1S/C17H18ClN3O3/c1-11-7-15(20-24-11)19-16(22)10-21(9-12-5-6-12)17(23)13-3-2-4-14(18)8-13/h2-4,7-8,12H,5-6,9-10H2,1H3,(H,19,20,22). The molecular formula is C17H18ClN3O3. The second kappa shape index (κ2) is 7.05. The third-order valence-corrected chi connectivity index (χ3v) is 4.00. The van der Waals surface area contributed by atoms with Crippen molar-refractivity contribution >= 4 is 29.2 Å². The van der Waals surface area contributed by atoms with E-state index in [2.05, 4.69) is 10.5 Å². The van der Waals surface area contributed by atoms with Gasteiger partial charge in [0.1, 0.15) is 12.3 Å². The quantitative estimate of drug-likeness (QED) is 0.871. The first kappa shape index (κ1) is 16.5. The summed E-state index contributed by atoms with van der Waals surface area (Å²) in [5.74, 6) is 0.916. The van der Waals surface area contributed by atoms with Crippen molar-refractivity contribution < 1.29 is 14.1 Å². The fraction of sp³-hybridized carbons (Fsp3) is 0.353. The van der Waals surface area contributed by atoms with E-state index >= 15 is 0 Å². The summed E-state index contributed by atoms with van der Waals surface area (Å²) in [5.41, 5.74) is 0.480. The van der Waals surface area contributed by atoms with Crippen molar-refractivity contribution in [1.29, 1.82) is 0 Å². The number of rotatable bonds is 6.